The summed E-state index contributed by atoms with van der Waals surface area (Å²) >= 11 is 0. The van der Waals surface area contributed by atoms with Gasteiger partial charge in [0.2, 0.25) is 0 Å². The summed E-state index contributed by atoms with van der Waals surface area (Å²) in [5.41, 5.74) is 2.70. The Balaban J connectivity index is 2.19. The second-order valence-electron chi connectivity index (χ2n) is 4.13. The molecular formula is C13H16N2O. The second-order valence-corrected chi connectivity index (χ2v) is 4.13. The minimum atomic E-state index is -0.389. The zero-order valence-corrected chi connectivity index (χ0v) is 9.66. The first-order valence-corrected chi connectivity index (χ1v) is 5.61. The zero-order chi connectivity index (χ0) is 11.5. The van der Waals surface area contributed by atoms with Gasteiger partial charge in [0.05, 0.1) is 0 Å². The Labute approximate surface area is 96.0 Å². The third-order valence-electron chi connectivity index (χ3n) is 3.04. The van der Waals surface area contributed by atoms with Crippen molar-refractivity contribution in [1.29, 1.82) is 5.26 Å². The minimum Gasteiger partial charge on any atom is -0.476 e. The van der Waals surface area contributed by atoms with Crippen LogP contribution in [0.15, 0.2) is 18.2 Å². The second kappa shape index (κ2) is 4.54. The molecule has 1 aliphatic rings. The summed E-state index contributed by atoms with van der Waals surface area (Å²) in [6.45, 7) is 1.75. The van der Waals surface area contributed by atoms with Crippen LogP contribution in [0.1, 0.15) is 30.5 Å². The quantitative estimate of drug-likeness (QED) is 0.842. The van der Waals surface area contributed by atoms with Crippen LogP contribution in [0.3, 0.4) is 0 Å². The lowest BCUT2D eigenvalue weighted by molar-refractivity contribution is 0.276. The van der Waals surface area contributed by atoms with Crippen molar-refractivity contribution in [3.8, 4) is 11.8 Å². The maximum Gasteiger partial charge on any atom is 0.181 e. The molecule has 0 aliphatic heterocycles. The van der Waals surface area contributed by atoms with Crippen molar-refractivity contribution < 1.29 is 4.74 Å². The molecule has 1 N–H and O–H groups in total. The first-order chi connectivity index (χ1) is 7.74. The van der Waals surface area contributed by atoms with Crippen molar-refractivity contribution >= 4 is 0 Å². The fraction of sp³-hybridized carbons (Fsp3) is 0.462. The van der Waals surface area contributed by atoms with Crippen molar-refractivity contribution in [2.75, 3.05) is 7.05 Å². The van der Waals surface area contributed by atoms with Gasteiger partial charge in [-0.3, -0.25) is 0 Å². The molecule has 2 atom stereocenters. The summed E-state index contributed by atoms with van der Waals surface area (Å²) in [4.78, 5) is 0. The van der Waals surface area contributed by atoms with E-state index in [9.17, 15) is 0 Å². The predicted molar refractivity (Wildman–Crippen MR) is 62.3 cm³/mol. The molecule has 2 rings (SSSR count). The van der Waals surface area contributed by atoms with Gasteiger partial charge in [0.25, 0.3) is 0 Å². The van der Waals surface area contributed by atoms with Crippen LogP contribution < -0.4 is 10.1 Å². The van der Waals surface area contributed by atoms with Crippen molar-refractivity contribution in [3.05, 3.63) is 29.3 Å². The molecule has 3 nitrogen and oxygen atoms in total. The van der Waals surface area contributed by atoms with Gasteiger partial charge in [-0.1, -0.05) is 6.07 Å². The Hall–Kier alpha value is -1.53. The van der Waals surface area contributed by atoms with Crippen LogP contribution in [0, 0.1) is 11.3 Å². The molecule has 0 aromatic heterocycles. The van der Waals surface area contributed by atoms with Gasteiger partial charge in [-0.25, -0.2) is 0 Å². The van der Waals surface area contributed by atoms with Crippen LogP contribution in [0.4, 0.5) is 0 Å². The number of rotatable bonds is 3. The Morgan fingerprint density at radius 3 is 3.06 bits per heavy atom. The van der Waals surface area contributed by atoms with Gasteiger partial charge in [0.1, 0.15) is 11.8 Å². The SMILES string of the molecule is CNC1CCc2cc(OC(C)C#N)ccc21. The van der Waals surface area contributed by atoms with Gasteiger partial charge < -0.3 is 10.1 Å². The first-order valence-electron chi connectivity index (χ1n) is 5.61. The topological polar surface area (TPSA) is 45.0 Å². The van der Waals surface area contributed by atoms with E-state index in [1.807, 2.05) is 13.1 Å². The number of nitrogens with one attached hydrogen (secondary N) is 1. The highest BCUT2D eigenvalue weighted by atomic mass is 16.5. The van der Waals surface area contributed by atoms with E-state index < -0.39 is 0 Å². The molecular weight excluding hydrogens is 200 g/mol. The molecule has 0 fully saturated rings. The summed E-state index contributed by atoms with van der Waals surface area (Å²) in [6, 6.07) is 8.64. The number of ether oxygens (including phenoxy) is 1. The standard InChI is InChI=1S/C13H16N2O/c1-9(8-14)16-11-4-5-12-10(7-11)3-6-13(12)15-2/h4-5,7,9,13,15H,3,6H2,1-2H3. The van der Waals surface area contributed by atoms with E-state index in [4.69, 9.17) is 10.00 Å². The number of fused-ring (bicyclic) bond motifs is 1. The first kappa shape index (κ1) is 11.0. The van der Waals surface area contributed by atoms with E-state index >= 15 is 0 Å². The Morgan fingerprint density at radius 2 is 2.38 bits per heavy atom. The molecule has 1 aliphatic carbocycles. The number of benzene rings is 1. The molecule has 0 heterocycles. The van der Waals surface area contributed by atoms with Gasteiger partial charge in [-0.15, -0.1) is 0 Å². The number of nitrogens with zero attached hydrogens (tertiary/aromatic N) is 1. The Morgan fingerprint density at radius 1 is 1.56 bits per heavy atom. The Kier molecular flexibility index (Phi) is 3.12. The monoisotopic (exact) mass is 216 g/mol. The van der Waals surface area contributed by atoms with Gasteiger partial charge in [0.15, 0.2) is 6.10 Å². The molecule has 3 heteroatoms. The van der Waals surface area contributed by atoms with Crippen LogP contribution >= 0.6 is 0 Å². The molecule has 0 saturated heterocycles. The largest absolute Gasteiger partial charge is 0.476 e. The summed E-state index contributed by atoms with van der Waals surface area (Å²) in [5.74, 6) is 0.796. The smallest absolute Gasteiger partial charge is 0.181 e. The van der Waals surface area contributed by atoms with E-state index in [1.165, 1.54) is 11.1 Å². The van der Waals surface area contributed by atoms with Crippen molar-refractivity contribution in [1.82, 2.24) is 5.32 Å². The van der Waals surface area contributed by atoms with Crippen LogP contribution in [0.5, 0.6) is 5.75 Å². The van der Waals surface area contributed by atoms with Crippen LogP contribution in [0.2, 0.25) is 0 Å². The fourth-order valence-corrected chi connectivity index (χ4v) is 2.20. The maximum atomic E-state index is 8.68. The average molecular weight is 216 g/mol. The lowest BCUT2D eigenvalue weighted by atomic mass is 10.1. The average Bonchev–Trinajstić information content (AvgIpc) is 2.71. The zero-order valence-electron chi connectivity index (χ0n) is 9.66. The third-order valence-corrected chi connectivity index (χ3v) is 3.04. The highest BCUT2D eigenvalue weighted by Gasteiger charge is 2.21. The van der Waals surface area contributed by atoms with Gasteiger partial charge in [-0.2, -0.15) is 5.26 Å². The fourth-order valence-electron chi connectivity index (χ4n) is 2.20. The number of hydrogen-bond acceptors (Lipinski definition) is 3. The van der Waals surface area contributed by atoms with Gasteiger partial charge in [-0.05, 0) is 50.1 Å². The van der Waals surface area contributed by atoms with E-state index in [1.54, 1.807) is 6.92 Å². The van der Waals surface area contributed by atoms with Crippen molar-refractivity contribution in [3.63, 3.8) is 0 Å². The molecule has 0 radical (unpaired) electrons. The maximum absolute atomic E-state index is 8.68. The van der Waals surface area contributed by atoms with Crippen LogP contribution in [-0.4, -0.2) is 13.2 Å². The normalized spacial score (nSPS) is 19.9. The molecule has 1 aromatic rings. The highest BCUT2D eigenvalue weighted by Crippen LogP contribution is 2.33. The molecule has 0 spiro atoms. The van der Waals surface area contributed by atoms with Gasteiger partial charge >= 0.3 is 0 Å². The van der Waals surface area contributed by atoms with E-state index in [0.29, 0.717) is 6.04 Å². The number of hydrogen-bond donors (Lipinski definition) is 1. The Bertz CT molecular complexity index is 422. The molecule has 0 saturated carbocycles. The predicted octanol–water partition coefficient (Wildman–Crippen LogP) is 2.18. The molecule has 16 heavy (non-hydrogen) atoms. The van der Waals surface area contributed by atoms with Crippen molar-refractivity contribution in [2.24, 2.45) is 0 Å². The van der Waals surface area contributed by atoms with E-state index in [-0.39, 0.29) is 6.10 Å². The van der Waals surface area contributed by atoms with Crippen molar-refractivity contribution in [2.45, 2.75) is 31.9 Å². The molecule has 0 amide bonds. The number of nitriles is 1. The van der Waals surface area contributed by atoms with E-state index in [0.717, 1.165) is 18.6 Å². The summed E-state index contributed by atoms with van der Waals surface area (Å²) < 4.78 is 5.48. The summed E-state index contributed by atoms with van der Waals surface area (Å²) in [6.07, 6.45) is 1.83. The van der Waals surface area contributed by atoms with Crippen LogP contribution in [-0.2, 0) is 6.42 Å². The molecule has 0 bridgehead atoms. The molecule has 84 valence electrons. The van der Waals surface area contributed by atoms with Crippen LogP contribution in [0.25, 0.3) is 0 Å². The summed E-state index contributed by atoms with van der Waals surface area (Å²) in [7, 11) is 1.99. The minimum absolute atomic E-state index is 0.389. The summed E-state index contributed by atoms with van der Waals surface area (Å²) in [5, 5.41) is 12.0. The molecule has 2 unspecified atom stereocenters. The highest BCUT2D eigenvalue weighted by molar-refractivity contribution is 5.40. The number of aryl methyl sites for hydroxylation is 1. The lowest BCUT2D eigenvalue weighted by Crippen LogP contribution is -2.13. The third kappa shape index (κ3) is 2.02. The van der Waals surface area contributed by atoms with E-state index in [2.05, 4.69) is 23.5 Å². The lowest BCUT2D eigenvalue weighted by Gasteiger charge is -2.12. The van der Waals surface area contributed by atoms with Gasteiger partial charge in [0, 0.05) is 6.04 Å². The molecule has 1 aromatic carbocycles.